The van der Waals surface area contributed by atoms with Gasteiger partial charge in [0, 0.05) is 19.0 Å². The first kappa shape index (κ1) is 66.2. The molecule has 22 heteroatoms. The molecule has 0 radical (unpaired) electrons. The Hall–Kier alpha value is -3.88. The Kier molecular flexibility index (Phi) is 35.3. The minimum atomic E-state index is -5.47. The van der Waals surface area contributed by atoms with Crippen molar-refractivity contribution in [3.8, 4) is 0 Å². The van der Waals surface area contributed by atoms with Gasteiger partial charge < -0.3 is 50.2 Å². The van der Waals surface area contributed by atoms with E-state index in [0.717, 1.165) is 42.9 Å². The molecule has 8 N–H and O–H groups in total. The van der Waals surface area contributed by atoms with Gasteiger partial charge in [-0.3, -0.25) is 23.2 Å². The Labute approximate surface area is 437 Å². The molecule has 0 aliphatic carbocycles. The van der Waals surface area contributed by atoms with Crippen LogP contribution in [0.1, 0.15) is 161 Å². The molecule has 1 aromatic heterocycles. The van der Waals surface area contributed by atoms with Crippen molar-refractivity contribution >= 4 is 33.4 Å². The van der Waals surface area contributed by atoms with Crippen LogP contribution in [0.5, 0.6) is 0 Å². The highest BCUT2D eigenvalue weighted by molar-refractivity contribution is 7.61. The van der Waals surface area contributed by atoms with Crippen LogP contribution in [0.2, 0.25) is 0 Å². The predicted octanol–water partition coefficient (Wildman–Crippen LogP) is 8.83. The van der Waals surface area contributed by atoms with Gasteiger partial charge in [-0.2, -0.15) is 9.29 Å². The van der Waals surface area contributed by atoms with Crippen molar-refractivity contribution in [3.05, 3.63) is 95.7 Å². The highest BCUT2D eigenvalue weighted by Gasteiger charge is 2.46. The molecule has 20 nitrogen and oxygen atoms in total. The summed E-state index contributed by atoms with van der Waals surface area (Å²) >= 11 is 0. The van der Waals surface area contributed by atoms with Crippen molar-refractivity contribution in [2.45, 2.75) is 198 Å². The molecule has 1 aromatic rings. The van der Waals surface area contributed by atoms with Gasteiger partial charge in [-0.25, -0.2) is 13.9 Å². The molecule has 0 spiro atoms. The second-order valence-corrected chi connectivity index (χ2v) is 21.1. The number of carbonyl (C=O) groups is 2. The second-order valence-electron chi connectivity index (χ2n) is 18.1. The molecule has 1 saturated heterocycles. The number of nitrogen functional groups attached to an aromatic ring is 1. The maximum absolute atomic E-state index is 12.9. The van der Waals surface area contributed by atoms with Gasteiger partial charge >= 0.3 is 33.3 Å². The van der Waals surface area contributed by atoms with Crippen molar-refractivity contribution < 1.29 is 76.5 Å². The molecule has 2 unspecified atom stereocenters. The van der Waals surface area contributed by atoms with Crippen LogP contribution in [0.15, 0.2) is 90.0 Å². The van der Waals surface area contributed by atoms with Crippen LogP contribution in [0.3, 0.4) is 0 Å². The molecular weight excluding hydrogens is 1000 g/mol. The number of phosphoric acid groups is 2. The molecule has 0 aromatic carbocycles. The van der Waals surface area contributed by atoms with Gasteiger partial charge in [-0.1, -0.05) is 177 Å². The quantitative estimate of drug-likeness (QED) is 0.0106. The number of carbonyl (C=O) groups excluding carboxylic acids is 2. The number of hydrogen-bond acceptors (Lipinski definition) is 17. The molecule has 0 bridgehead atoms. The number of nitrogens with two attached hydrogens (primary N) is 1. The molecule has 2 rings (SSSR count). The minimum Gasteiger partial charge on any atom is -0.462 e. The van der Waals surface area contributed by atoms with Crippen LogP contribution in [0.4, 0.5) is 5.82 Å². The zero-order valence-corrected chi connectivity index (χ0v) is 45.1. The number of unbranched alkanes of at least 4 members (excludes halogenated alkanes) is 14. The predicted molar refractivity (Wildman–Crippen MR) is 282 cm³/mol. The number of esters is 2. The summed E-state index contributed by atoms with van der Waals surface area (Å²) in [6, 6.07) is 1.23. The van der Waals surface area contributed by atoms with E-state index in [-0.39, 0.29) is 25.1 Å². The highest BCUT2D eigenvalue weighted by Crippen LogP contribution is 2.60. The number of ether oxygens (including phenoxy) is 3. The summed E-state index contributed by atoms with van der Waals surface area (Å²) in [4.78, 5) is 61.9. The zero-order chi connectivity index (χ0) is 54.5. The van der Waals surface area contributed by atoms with E-state index in [2.05, 4.69) is 16.2 Å². The number of aliphatic hydroxyl groups excluding tert-OH is 4. The van der Waals surface area contributed by atoms with E-state index in [1.54, 1.807) is 48.6 Å². The van der Waals surface area contributed by atoms with Gasteiger partial charge in [0.2, 0.25) is 0 Å². The third-order valence-corrected chi connectivity index (χ3v) is 14.1. The lowest BCUT2D eigenvalue weighted by Crippen LogP contribution is -2.36. The van der Waals surface area contributed by atoms with E-state index in [9.17, 15) is 53.7 Å². The molecule has 0 saturated carbocycles. The van der Waals surface area contributed by atoms with Gasteiger partial charge in [-0.15, -0.1) is 0 Å². The lowest BCUT2D eigenvalue weighted by Gasteiger charge is -2.21. The van der Waals surface area contributed by atoms with E-state index in [4.69, 9.17) is 29.0 Å². The summed E-state index contributed by atoms with van der Waals surface area (Å²) in [5.74, 6) is -1.48. The summed E-state index contributed by atoms with van der Waals surface area (Å²) in [5, 5.41) is 41.0. The maximum atomic E-state index is 12.9. The molecule has 1 fully saturated rings. The standard InChI is InChI=1S/C52H85N3O17P2/c1-3-5-7-8-9-10-11-12-13-14-15-16-17-21-29-35-47(58)67-39-44(70-48(59)36-30-22-19-18-20-26-32-43(57)34-28-24-23-27-33-42(56)31-25-6-4-2)40-68-73(63,64)72-74(65,66)69-41-45-49(60)50(61)51(71-45)55-38-37-46(53)54-52(55)62/h6,19-20,22-28,33-34,37-38,42-45,49-51,56-57,60-61H,3-5,7-18,21,29-32,35-36,39-41H2,1-2H3,(H,63,64)(H,65,66)(H2,53,54,62)/b22-19-,24-23-,25-6-,26-20-,33-27+,34-28+/t42-,43+,44+,45+,49+,50+,51+/m0/s1. The number of anilines is 1. The van der Waals surface area contributed by atoms with E-state index in [1.165, 1.54) is 70.3 Å². The SMILES string of the molecule is CC/C=C\C[C@H](O)/C=C/C=C\C=C\[C@H](O)C/C=C\C/C=C\CCC(=O)O[C@H](COC(=O)CCCCCCCCCCCCCCCCC)COP(=O)(O)OP(=O)(O)OC[C@H]1O[C@@H](n2ccc(N)nc2=O)[C@H](O)[C@@H]1O. The molecule has 420 valence electrons. The molecule has 9 atom stereocenters. The maximum Gasteiger partial charge on any atom is 0.481 e. The fourth-order valence-corrected chi connectivity index (χ4v) is 9.51. The first-order valence-electron chi connectivity index (χ1n) is 26.2. The summed E-state index contributed by atoms with van der Waals surface area (Å²) < 4.78 is 56.6. The van der Waals surface area contributed by atoms with Gasteiger partial charge in [0.1, 0.15) is 30.7 Å². The minimum absolute atomic E-state index is 0.0888. The fraction of sp³-hybridized carbons (Fsp3) is 0.654. The third-order valence-electron chi connectivity index (χ3n) is 11.5. The Morgan fingerprint density at radius 2 is 1.28 bits per heavy atom. The Balaban J connectivity index is 1.86. The van der Waals surface area contributed by atoms with Crippen molar-refractivity contribution in [1.29, 1.82) is 0 Å². The second kappa shape index (κ2) is 39.5. The Bertz CT molecular complexity index is 2060. The van der Waals surface area contributed by atoms with E-state index in [0.29, 0.717) is 25.7 Å². The largest absolute Gasteiger partial charge is 0.481 e. The lowest BCUT2D eigenvalue weighted by molar-refractivity contribution is -0.161. The number of aromatic nitrogens is 2. The monoisotopic (exact) mass is 1090 g/mol. The lowest BCUT2D eigenvalue weighted by atomic mass is 10.0. The molecule has 0 amide bonds. The number of phosphoric ester groups is 2. The number of allylic oxidation sites excluding steroid dienone is 8. The molecule has 74 heavy (non-hydrogen) atoms. The van der Waals surface area contributed by atoms with Crippen LogP contribution in [0, 0.1) is 0 Å². The summed E-state index contributed by atoms with van der Waals surface area (Å²) in [6.07, 6.45) is 33.4. The van der Waals surface area contributed by atoms with Crippen LogP contribution < -0.4 is 11.4 Å². The molecule has 1 aliphatic heterocycles. The molecular formula is C52H85N3O17P2. The van der Waals surface area contributed by atoms with Crippen LogP contribution in [0.25, 0.3) is 0 Å². The van der Waals surface area contributed by atoms with Crippen LogP contribution in [-0.4, -0.2) is 108 Å². The molecule has 1 aliphatic rings. The highest BCUT2D eigenvalue weighted by atomic mass is 31.3. The normalized spacial score (nSPS) is 20.3. The summed E-state index contributed by atoms with van der Waals surface area (Å²) in [7, 11) is -10.9. The third kappa shape index (κ3) is 31.9. The Morgan fingerprint density at radius 1 is 0.730 bits per heavy atom. The van der Waals surface area contributed by atoms with Crippen molar-refractivity contribution in [2.75, 3.05) is 25.6 Å². The van der Waals surface area contributed by atoms with Gasteiger partial charge in [0.15, 0.2) is 12.3 Å². The van der Waals surface area contributed by atoms with Crippen LogP contribution in [-0.2, 0) is 46.3 Å². The van der Waals surface area contributed by atoms with Gasteiger partial charge in [0.05, 0.1) is 25.4 Å². The fourth-order valence-electron chi connectivity index (χ4n) is 7.40. The van der Waals surface area contributed by atoms with E-state index >= 15 is 0 Å². The average molecular weight is 1090 g/mol. The van der Waals surface area contributed by atoms with E-state index < -0.39 is 95.9 Å². The van der Waals surface area contributed by atoms with Crippen molar-refractivity contribution in [2.24, 2.45) is 0 Å². The van der Waals surface area contributed by atoms with Gasteiger partial charge in [0.25, 0.3) is 0 Å². The van der Waals surface area contributed by atoms with Gasteiger partial charge in [-0.05, 0) is 44.6 Å². The Morgan fingerprint density at radius 3 is 1.86 bits per heavy atom. The number of rotatable bonds is 42. The number of hydrogen-bond donors (Lipinski definition) is 7. The smallest absolute Gasteiger partial charge is 0.462 e. The first-order valence-corrected chi connectivity index (χ1v) is 29.2. The average Bonchev–Trinajstić information content (AvgIpc) is 3.63. The van der Waals surface area contributed by atoms with E-state index in [1.807, 2.05) is 31.2 Å². The topological polar surface area (TPSA) is 306 Å². The first-order chi connectivity index (χ1) is 35.5. The summed E-state index contributed by atoms with van der Waals surface area (Å²) in [6.45, 7) is 1.80. The van der Waals surface area contributed by atoms with Crippen molar-refractivity contribution in [1.82, 2.24) is 9.55 Å². The van der Waals surface area contributed by atoms with Crippen LogP contribution >= 0.6 is 15.6 Å². The van der Waals surface area contributed by atoms with Crippen molar-refractivity contribution in [3.63, 3.8) is 0 Å². The number of aliphatic hydroxyl groups is 4. The number of nitrogens with zero attached hydrogens (tertiary/aromatic N) is 2. The zero-order valence-electron chi connectivity index (χ0n) is 43.3. The summed E-state index contributed by atoms with van der Waals surface area (Å²) in [5.41, 5.74) is 4.57. The molecule has 2 heterocycles.